The maximum atomic E-state index is 12.4. The third-order valence-corrected chi connectivity index (χ3v) is 4.34. The summed E-state index contributed by atoms with van der Waals surface area (Å²) < 4.78 is 0.973. The third-order valence-electron chi connectivity index (χ3n) is 3.85. The van der Waals surface area contributed by atoms with Gasteiger partial charge in [-0.25, -0.2) is 0 Å². The SMILES string of the molecule is Cc1cccc(C)c1NC(=O)C1CC(c2cccc(Br)c2)=NO1. The fourth-order valence-electron chi connectivity index (χ4n) is 2.57. The monoisotopic (exact) mass is 372 g/mol. The lowest BCUT2D eigenvalue weighted by Gasteiger charge is -2.13. The summed E-state index contributed by atoms with van der Waals surface area (Å²) >= 11 is 3.44. The van der Waals surface area contributed by atoms with Crippen molar-refractivity contribution in [3.05, 3.63) is 63.6 Å². The molecule has 23 heavy (non-hydrogen) atoms. The van der Waals surface area contributed by atoms with Gasteiger partial charge in [-0.05, 0) is 37.1 Å². The molecular weight excluding hydrogens is 356 g/mol. The zero-order valence-corrected chi connectivity index (χ0v) is 14.6. The highest BCUT2D eigenvalue weighted by Crippen LogP contribution is 2.23. The van der Waals surface area contributed by atoms with Crippen LogP contribution < -0.4 is 5.32 Å². The fraction of sp³-hybridized carbons (Fsp3) is 0.222. The van der Waals surface area contributed by atoms with E-state index in [2.05, 4.69) is 26.4 Å². The van der Waals surface area contributed by atoms with Crippen LogP contribution >= 0.6 is 15.9 Å². The molecule has 0 radical (unpaired) electrons. The molecule has 3 rings (SSSR count). The molecule has 0 saturated carbocycles. The van der Waals surface area contributed by atoms with E-state index >= 15 is 0 Å². The van der Waals surface area contributed by atoms with Gasteiger partial charge in [0, 0.05) is 22.1 Å². The van der Waals surface area contributed by atoms with Crippen LogP contribution in [0.2, 0.25) is 0 Å². The van der Waals surface area contributed by atoms with E-state index in [0.29, 0.717) is 6.42 Å². The summed E-state index contributed by atoms with van der Waals surface area (Å²) in [5.74, 6) is -0.170. The second-order valence-electron chi connectivity index (χ2n) is 5.60. The fourth-order valence-corrected chi connectivity index (χ4v) is 2.97. The number of rotatable bonds is 3. The van der Waals surface area contributed by atoms with Crippen molar-refractivity contribution in [2.24, 2.45) is 5.16 Å². The van der Waals surface area contributed by atoms with E-state index in [-0.39, 0.29) is 5.91 Å². The summed E-state index contributed by atoms with van der Waals surface area (Å²) in [4.78, 5) is 17.8. The summed E-state index contributed by atoms with van der Waals surface area (Å²) in [5, 5.41) is 7.03. The molecule has 5 heteroatoms. The van der Waals surface area contributed by atoms with Gasteiger partial charge in [-0.15, -0.1) is 0 Å². The highest BCUT2D eigenvalue weighted by Gasteiger charge is 2.29. The number of halogens is 1. The lowest BCUT2D eigenvalue weighted by atomic mass is 10.0. The number of hydrogen-bond donors (Lipinski definition) is 1. The average Bonchev–Trinajstić information content (AvgIpc) is 3.01. The molecule has 1 aliphatic rings. The van der Waals surface area contributed by atoms with E-state index in [1.54, 1.807) is 0 Å². The van der Waals surface area contributed by atoms with Gasteiger partial charge < -0.3 is 10.2 Å². The number of hydrogen-bond acceptors (Lipinski definition) is 3. The maximum absolute atomic E-state index is 12.4. The molecule has 2 aromatic rings. The van der Waals surface area contributed by atoms with Crippen molar-refractivity contribution < 1.29 is 9.63 Å². The molecule has 1 heterocycles. The van der Waals surface area contributed by atoms with Crippen LogP contribution in [-0.4, -0.2) is 17.7 Å². The number of carbonyl (C=O) groups excluding carboxylic acids is 1. The molecule has 0 fully saturated rings. The third kappa shape index (κ3) is 3.45. The average molecular weight is 373 g/mol. The van der Waals surface area contributed by atoms with Crippen LogP contribution in [0.25, 0.3) is 0 Å². The Bertz CT molecular complexity index is 766. The number of nitrogens with zero attached hydrogens (tertiary/aromatic N) is 1. The Morgan fingerprint density at radius 2 is 1.91 bits per heavy atom. The van der Waals surface area contributed by atoms with Crippen LogP contribution in [0, 0.1) is 13.8 Å². The zero-order valence-electron chi connectivity index (χ0n) is 13.0. The maximum Gasteiger partial charge on any atom is 0.268 e. The van der Waals surface area contributed by atoms with Crippen LogP contribution in [0.5, 0.6) is 0 Å². The van der Waals surface area contributed by atoms with E-state index in [4.69, 9.17) is 4.84 Å². The Labute approximate surface area is 143 Å². The van der Waals surface area contributed by atoms with Crippen molar-refractivity contribution in [3.8, 4) is 0 Å². The first kappa shape index (κ1) is 15.7. The van der Waals surface area contributed by atoms with Crippen LogP contribution in [0.15, 0.2) is 52.1 Å². The minimum absolute atomic E-state index is 0.170. The van der Waals surface area contributed by atoms with Crippen LogP contribution in [-0.2, 0) is 9.63 Å². The standard InChI is InChI=1S/C18H17BrN2O2/c1-11-5-3-6-12(2)17(11)20-18(22)16-10-15(21-23-16)13-7-4-8-14(19)9-13/h3-9,16H,10H2,1-2H3,(H,20,22). The van der Waals surface area contributed by atoms with Gasteiger partial charge in [0.2, 0.25) is 6.10 Å². The summed E-state index contributed by atoms with van der Waals surface area (Å²) in [7, 11) is 0. The van der Waals surface area contributed by atoms with E-state index in [0.717, 1.165) is 32.6 Å². The second kappa shape index (κ2) is 6.54. The van der Waals surface area contributed by atoms with Crippen molar-refractivity contribution in [2.45, 2.75) is 26.4 Å². The predicted molar refractivity (Wildman–Crippen MR) is 94.7 cm³/mol. The molecule has 0 bridgehead atoms. The summed E-state index contributed by atoms with van der Waals surface area (Å²) in [6.07, 6.45) is -0.129. The van der Waals surface area contributed by atoms with Gasteiger partial charge in [0.1, 0.15) is 0 Å². The Balaban J connectivity index is 1.69. The molecule has 4 nitrogen and oxygen atoms in total. The Morgan fingerprint density at radius 1 is 1.22 bits per heavy atom. The second-order valence-corrected chi connectivity index (χ2v) is 6.52. The van der Waals surface area contributed by atoms with Crippen LogP contribution in [0.1, 0.15) is 23.1 Å². The van der Waals surface area contributed by atoms with Crippen molar-refractivity contribution >= 4 is 33.2 Å². The highest BCUT2D eigenvalue weighted by molar-refractivity contribution is 9.10. The van der Waals surface area contributed by atoms with E-state index in [9.17, 15) is 4.79 Å². The lowest BCUT2D eigenvalue weighted by Crippen LogP contribution is -2.28. The van der Waals surface area contributed by atoms with Crippen molar-refractivity contribution in [1.82, 2.24) is 0 Å². The molecule has 1 atom stereocenters. The van der Waals surface area contributed by atoms with Crippen molar-refractivity contribution in [2.75, 3.05) is 5.32 Å². The summed E-state index contributed by atoms with van der Waals surface area (Å²) in [6, 6.07) is 13.7. The molecule has 1 amide bonds. The molecule has 1 unspecified atom stereocenters. The molecule has 0 saturated heterocycles. The van der Waals surface area contributed by atoms with Crippen molar-refractivity contribution in [3.63, 3.8) is 0 Å². The Morgan fingerprint density at radius 3 is 2.61 bits per heavy atom. The van der Waals surface area contributed by atoms with E-state index < -0.39 is 6.10 Å². The van der Waals surface area contributed by atoms with Crippen LogP contribution in [0.3, 0.4) is 0 Å². The molecule has 118 valence electrons. The first-order valence-electron chi connectivity index (χ1n) is 7.40. The molecule has 0 aliphatic carbocycles. The smallest absolute Gasteiger partial charge is 0.268 e. The van der Waals surface area contributed by atoms with Gasteiger partial charge >= 0.3 is 0 Å². The molecule has 1 N–H and O–H groups in total. The molecule has 1 aliphatic heterocycles. The number of benzene rings is 2. The van der Waals surface area contributed by atoms with E-state index in [1.165, 1.54) is 0 Å². The summed E-state index contributed by atoms with van der Waals surface area (Å²) in [6.45, 7) is 3.95. The first-order chi connectivity index (χ1) is 11.0. The van der Waals surface area contributed by atoms with Gasteiger partial charge in [-0.1, -0.05) is 51.4 Å². The Hall–Kier alpha value is -2.14. The number of carbonyl (C=O) groups is 1. The number of anilines is 1. The van der Waals surface area contributed by atoms with Crippen molar-refractivity contribution in [1.29, 1.82) is 0 Å². The van der Waals surface area contributed by atoms with Gasteiger partial charge in [-0.3, -0.25) is 4.79 Å². The van der Waals surface area contributed by atoms with Crippen LogP contribution in [0.4, 0.5) is 5.69 Å². The summed E-state index contributed by atoms with van der Waals surface area (Å²) in [5.41, 5.74) is 4.65. The lowest BCUT2D eigenvalue weighted by molar-refractivity contribution is -0.125. The number of amides is 1. The largest absolute Gasteiger partial charge is 0.382 e. The molecule has 0 spiro atoms. The highest BCUT2D eigenvalue weighted by atomic mass is 79.9. The first-order valence-corrected chi connectivity index (χ1v) is 8.19. The number of nitrogens with one attached hydrogen (secondary N) is 1. The minimum Gasteiger partial charge on any atom is -0.382 e. The molecule has 2 aromatic carbocycles. The zero-order chi connectivity index (χ0) is 16.4. The quantitative estimate of drug-likeness (QED) is 0.877. The molecular formula is C18H17BrN2O2. The topological polar surface area (TPSA) is 50.7 Å². The van der Waals surface area contributed by atoms with Gasteiger partial charge in [0.15, 0.2) is 0 Å². The van der Waals surface area contributed by atoms with E-state index in [1.807, 2.05) is 56.3 Å². The normalized spacial score (nSPS) is 16.7. The number of aryl methyl sites for hydroxylation is 2. The number of oxime groups is 1. The predicted octanol–water partition coefficient (Wildman–Crippen LogP) is 4.20. The van der Waals surface area contributed by atoms with Gasteiger partial charge in [0.25, 0.3) is 5.91 Å². The minimum atomic E-state index is -0.594. The Kier molecular flexibility index (Phi) is 4.48. The molecule has 0 aromatic heterocycles. The number of para-hydroxylation sites is 1. The van der Waals surface area contributed by atoms with Gasteiger partial charge in [-0.2, -0.15) is 0 Å². The van der Waals surface area contributed by atoms with Gasteiger partial charge in [0.05, 0.1) is 5.71 Å².